The lowest BCUT2D eigenvalue weighted by atomic mass is 10.2. The van der Waals surface area contributed by atoms with Crippen LogP contribution in [0, 0.1) is 6.92 Å². The van der Waals surface area contributed by atoms with Gasteiger partial charge in [-0.3, -0.25) is 4.79 Å². The van der Waals surface area contributed by atoms with Crippen molar-refractivity contribution in [2.24, 2.45) is 0 Å². The molecule has 3 rings (SSSR count). The van der Waals surface area contributed by atoms with Crippen molar-refractivity contribution in [3.05, 3.63) is 46.2 Å². The third-order valence-corrected chi connectivity index (χ3v) is 3.83. The second-order valence-electron chi connectivity index (χ2n) is 5.12. The van der Waals surface area contributed by atoms with Gasteiger partial charge in [-0.2, -0.15) is 0 Å². The Morgan fingerprint density at radius 2 is 2.14 bits per heavy atom. The van der Waals surface area contributed by atoms with Gasteiger partial charge >= 0.3 is 0 Å². The van der Waals surface area contributed by atoms with E-state index < -0.39 is 0 Å². The second kappa shape index (κ2) is 5.81. The van der Waals surface area contributed by atoms with Crippen molar-refractivity contribution >= 4 is 33.5 Å². The molecule has 1 saturated carbocycles. The van der Waals surface area contributed by atoms with Gasteiger partial charge in [-0.1, -0.05) is 6.07 Å². The largest absolute Gasteiger partial charge is 0.348 e. The van der Waals surface area contributed by atoms with E-state index >= 15 is 0 Å². The number of rotatable bonds is 4. The van der Waals surface area contributed by atoms with Crippen LogP contribution in [0.15, 0.2) is 34.9 Å². The topological polar surface area (TPSA) is 66.9 Å². The fourth-order valence-electron chi connectivity index (χ4n) is 1.87. The van der Waals surface area contributed by atoms with Crippen LogP contribution >= 0.6 is 15.9 Å². The maximum absolute atomic E-state index is 12.0. The number of hydrogen-bond donors (Lipinski definition) is 2. The average molecular weight is 347 g/mol. The molecule has 6 heteroatoms. The summed E-state index contributed by atoms with van der Waals surface area (Å²) in [5.41, 5.74) is 2.40. The summed E-state index contributed by atoms with van der Waals surface area (Å²) in [6.45, 7) is 2.02. The molecule has 108 valence electrons. The standard InChI is InChI=1S/C15H15BrN4O/c1-9-2-5-12(11(16)8-9)19-15-17-7-6-13(20-15)14(21)18-10-3-4-10/h2,5-8,10H,3-4H2,1H3,(H,18,21)(H,17,19,20). The summed E-state index contributed by atoms with van der Waals surface area (Å²) in [5.74, 6) is 0.258. The van der Waals surface area contributed by atoms with Gasteiger partial charge in [0.05, 0.1) is 5.69 Å². The fourth-order valence-corrected chi connectivity index (χ4v) is 2.47. The van der Waals surface area contributed by atoms with E-state index in [0.717, 1.165) is 28.6 Å². The van der Waals surface area contributed by atoms with Gasteiger partial charge in [0, 0.05) is 16.7 Å². The first-order valence-electron chi connectivity index (χ1n) is 6.79. The smallest absolute Gasteiger partial charge is 0.270 e. The van der Waals surface area contributed by atoms with Crippen molar-refractivity contribution in [2.75, 3.05) is 5.32 Å². The number of anilines is 2. The van der Waals surface area contributed by atoms with Crippen LogP contribution in [0.2, 0.25) is 0 Å². The van der Waals surface area contributed by atoms with Gasteiger partial charge in [-0.05, 0) is 59.5 Å². The predicted octanol–water partition coefficient (Wildman–Crippen LogP) is 3.18. The van der Waals surface area contributed by atoms with E-state index in [1.54, 1.807) is 12.3 Å². The van der Waals surface area contributed by atoms with Crippen LogP contribution in [-0.2, 0) is 0 Å². The van der Waals surface area contributed by atoms with E-state index in [0.29, 0.717) is 17.7 Å². The molecule has 2 N–H and O–H groups in total. The van der Waals surface area contributed by atoms with Gasteiger partial charge in [0.25, 0.3) is 5.91 Å². The molecule has 21 heavy (non-hydrogen) atoms. The molecule has 0 bridgehead atoms. The normalized spacial score (nSPS) is 13.8. The molecule has 1 fully saturated rings. The lowest BCUT2D eigenvalue weighted by Crippen LogP contribution is -2.26. The number of carbonyl (C=O) groups is 1. The van der Waals surface area contributed by atoms with Crippen molar-refractivity contribution in [1.29, 1.82) is 0 Å². The minimum absolute atomic E-state index is 0.147. The Bertz CT molecular complexity index is 685. The van der Waals surface area contributed by atoms with Crippen molar-refractivity contribution in [1.82, 2.24) is 15.3 Å². The van der Waals surface area contributed by atoms with Crippen molar-refractivity contribution in [3.8, 4) is 0 Å². The summed E-state index contributed by atoms with van der Waals surface area (Å²) >= 11 is 3.50. The Balaban J connectivity index is 1.77. The molecular formula is C15H15BrN4O. The van der Waals surface area contributed by atoms with Crippen molar-refractivity contribution in [3.63, 3.8) is 0 Å². The SMILES string of the molecule is Cc1ccc(Nc2nccc(C(=O)NC3CC3)n2)c(Br)c1. The summed E-state index contributed by atoms with van der Waals surface area (Å²) in [7, 11) is 0. The molecule has 0 saturated heterocycles. The number of aryl methyl sites for hydroxylation is 1. The zero-order valence-corrected chi connectivity index (χ0v) is 13.1. The van der Waals surface area contributed by atoms with E-state index in [9.17, 15) is 4.79 Å². The highest BCUT2D eigenvalue weighted by Gasteiger charge is 2.24. The fraction of sp³-hybridized carbons (Fsp3) is 0.267. The molecule has 0 radical (unpaired) electrons. The van der Waals surface area contributed by atoms with Gasteiger partial charge in [-0.15, -0.1) is 0 Å². The predicted molar refractivity (Wildman–Crippen MR) is 84.7 cm³/mol. The second-order valence-corrected chi connectivity index (χ2v) is 5.98. The van der Waals surface area contributed by atoms with Crippen LogP contribution in [0.1, 0.15) is 28.9 Å². The Hall–Kier alpha value is -1.95. The Kier molecular flexibility index (Phi) is 3.88. The zero-order chi connectivity index (χ0) is 14.8. The molecule has 0 spiro atoms. The number of benzene rings is 1. The van der Waals surface area contributed by atoms with Crippen LogP contribution in [0.3, 0.4) is 0 Å². The lowest BCUT2D eigenvalue weighted by Gasteiger charge is -2.09. The minimum Gasteiger partial charge on any atom is -0.348 e. The van der Waals surface area contributed by atoms with Crippen LogP contribution in [-0.4, -0.2) is 21.9 Å². The maximum Gasteiger partial charge on any atom is 0.270 e. The summed E-state index contributed by atoms with van der Waals surface area (Å²) in [5, 5.41) is 6.03. The maximum atomic E-state index is 12.0. The minimum atomic E-state index is -0.147. The highest BCUT2D eigenvalue weighted by Crippen LogP contribution is 2.25. The highest BCUT2D eigenvalue weighted by molar-refractivity contribution is 9.10. The molecule has 1 aromatic heterocycles. The molecule has 1 aliphatic carbocycles. The van der Waals surface area contributed by atoms with Crippen molar-refractivity contribution < 1.29 is 4.79 Å². The van der Waals surface area contributed by atoms with Gasteiger partial charge < -0.3 is 10.6 Å². The molecule has 0 unspecified atom stereocenters. The molecular weight excluding hydrogens is 332 g/mol. The molecule has 5 nitrogen and oxygen atoms in total. The van der Waals surface area contributed by atoms with Crippen LogP contribution in [0.5, 0.6) is 0 Å². The Labute approximate surface area is 131 Å². The highest BCUT2D eigenvalue weighted by atomic mass is 79.9. The summed E-state index contributed by atoms with van der Waals surface area (Å²) < 4.78 is 0.930. The quantitative estimate of drug-likeness (QED) is 0.892. The Morgan fingerprint density at radius 1 is 1.33 bits per heavy atom. The number of nitrogens with one attached hydrogen (secondary N) is 2. The molecule has 1 aromatic carbocycles. The van der Waals surface area contributed by atoms with E-state index in [1.165, 1.54) is 0 Å². The number of nitrogens with zero attached hydrogens (tertiary/aromatic N) is 2. The zero-order valence-electron chi connectivity index (χ0n) is 11.6. The van der Waals surface area contributed by atoms with Gasteiger partial charge in [0.15, 0.2) is 0 Å². The molecule has 1 amide bonds. The van der Waals surface area contributed by atoms with E-state index in [-0.39, 0.29) is 5.91 Å². The van der Waals surface area contributed by atoms with Crippen LogP contribution in [0.25, 0.3) is 0 Å². The van der Waals surface area contributed by atoms with E-state index in [1.807, 2.05) is 25.1 Å². The molecule has 0 aliphatic heterocycles. The van der Waals surface area contributed by atoms with Gasteiger partial charge in [0.2, 0.25) is 5.95 Å². The number of halogens is 1. The lowest BCUT2D eigenvalue weighted by molar-refractivity contribution is 0.0946. The number of hydrogen-bond acceptors (Lipinski definition) is 4. The van der Waals surface area contributed by atoms with Crippen LogP contribution < -0.4 is 10.6 Å². The average Bonchev–Trinajstić information content (AvgIpc) is 3.26. The van der Waals surface area contributed by atoms with E-state index in [2.05, 4.69) is 36.5 Å². The van der Waals surface area contributed by atoms with Gasteiger partial charge in [0.1, 0.15) is 5.69 Å². The summed E-state index contributed by atoms with van der Waals surface area (Å²) in [6, 6.07) is 7.88. The molecule has 1 aliphatic rings. The number of carbonyl (C=O) groups excluding carboxylic acids is 1. The molecule has 0 atom stereocenters. The number of aromatic nitrogens is 2. The Morgan fingerprint density at radius 3 is 2.86 bits per heavy atom. The van der Waals surface area contributed by atoms with E-state index in [4.69, 9.17) is 0 Å². The number of amides is 1. The van der Waals surface area contributed by atoms with Crippen LogP contribution in [0.4, 0.5) is 11.6 Å². The monoisotopic (exact) mass is 346 g/mol. The first-order chi connectivity index (χ1) is 10.1. The van der Waals surface area contributed by atoms with Gasteiger partial charge in [-0.25, -0.2) is 9.97 Å². The summed E-state index contributed by atoms with van der Waals surface area (Å²) in [4.78, 5) is 20.4. The third kappa shape index (κ3) is 3.58. The summed E-state index contributed by atoms with van der Waals surface area (Å²) in [6.07, 6.45) is 3.69. The molecule has 2 aromatic rings. The molecule has 1 heterocycles. The third-order valence-electron chi connectivity index (χ3n) is 3.17. The van der Waals surface area contributed by atoms with Crippen molar-refractivity contribution in [2.45, 2.75) is 25.8 Å². The first kappa shape index (κ1) is 14.0. The first-order valence-corrected chi connectivity index (χ1v) is 7.58.